The first kappa shape index (κ1) is 28.7. The van der Waals surface area contributed by atoms with Crippen molar-refractivity contribution >= 4 is 5.97 Å². The average molecular weight is 451 g/mol. The first-order chi connectivity index (χ1) is 15.6. The molecule has 0 saturated heterocycles. The van der Waals surface area contributed by atoms with Gasteiger partial charge < -0.3 is 4.74 Å². The zero-order valence-corrected chi connectivity index (χ0v) is 22.4. The predicted molar refractivity (Wildman–Crippen MR) is 144 cm³/mol. The molecule has 2 heteroatoms. The monoisotopic (exact) mass is 450 g/mol. The highest BCUT2D eigenvalue weighted by Gasteiger charge is 2.15. The molecule has 182 valence electrons. The Kier molecular flexibility index (Phi) is 13.5. The van der Waals surface area contributed by atoms with Crippen molar-refractivity contribution < 1.29 is 9.53 Å². The third-order valence-corrected chi connectivity index (χ3v) is 5.85. The molecule has 0 bridgehead atoms. The number of esters is 1. The Morgan fingerprint density at radius 2 is 1.33 bits per heavy atom. The van der Waals surface area contributed by atoms with Gasteiger partial charge in [-0.05, 0) is 104 Å². The number of allylic oxidation sites excluding steroid dienone is 7. The van der Waals surface area contributed by atoms with Gasteiger partial charge in [0.25, 0.3) is 0 Å². The topological polar surface area (TPSA) is 26.3 Å². The highest BCUT2D eigenvalue weighted by atomic mass is 16.5. The summed E-state index contributed by atoms with van der Waals surface area (Å²) in [5.41, 5.74) is 8.41. The summed E-state index contributed by atoms with van der Waals surface area (Å²) >= 11 is 0. The predicted octanol–water partition coefficient (Wildman–Crippen LogP) is 9.42. The number of benzene rings is 1. The van der Waals surface area contributed by atoms with E-state index in [0.717, 1.165) is 49.7 Å². The molecule has 0 unspecified atom stereocenters. The van der Waals surface area contributed by atoms with Crippen LogP contribution in [-0.4, -0.2) is 12.6 Å². The first-order valence-electron chi connectivity index (χ1n) is 12.5. The van der Waals surface area contributed by atoms with Gasteiger partial charge in [-0.25, -0.2) is 4.79 Å². The van der Waals surface area contributed by atoms with Crippen LogP contribution in [0.15, 0.2) is 64.8 Å². The molecule has 1 aromatic rings. The molecule has 0 N–H and O–H groups in total. The van der Waals surface area contributed by atoms with E-state index in [1.54, 1.807) is 0 Å². The van der Waals surface area contributed by atoms with E-state index in [1.807, 2.05) is 25.1 Å². The summed E-state index contributed by atoms with van der Waals surface area (Å²) < 4.78 is 5.55. The number of carbonyl (C=O) groups excluding carboxylic acids is 1. The van der Waals surface area contributed by atoms with Gasteiger partial charge in [-0.2, -0.15) is 0 Å². The van der Waals surface area contributed by atoms with Gasteiger partial charge in [-0.3, -0.25) is 0 Å². The van der Waals surface area contributed by atoms with Gasteiger partial charge in [-0.15, -0.1) is 0 Å². The molecule has 0 aliphatic heterocycles. The van der Waals surface area contributed by atoms with Crippen molar-refractivity contribution in [3.05, 3.63) is 81.5 Å². The van der Waals surface area contributed by atoms with Crippen molar-refractivity contribution in [2.24, 2.45) is 0 Å². The Morgan fingerprint density at radius 3 is 1.85 bits per heavy atom. The smallest absolute Gasteiger partial charge is 0.338 e. The molecule has 0 saturated carbocycles. The summed E-state index contributed by atoms with van der Waals surface area (Å²) in [6.07, 6.45) is 15.6. The van der Waals surface area contributed by atoms with E-state index < -0.39 is 0 Å². The molecule has 0 heterocycles. The zero-order chi connectivity index (χ0) is 24.8. The molecule has 0 radical (unpaired) electrons. The number of hydrogen-bond acceptors (Lipinski definition) is 2. The molecular weight excluding hydrogens is 404 g/mol. The van der Waals surface area contributed by atoms with Gasteiger partial charge in [0, 0.05) is 0 Å². The zero-order valence-electron chi connectivity index (χ0n) is 22.4. The Hall–Kier alpha value is -2.35. The van der Waals surface area contributed by atoms with E-state index >= 15 is 0 Å². The largest absolute Gasteiger partial charge is 0.458 e. The number of carbonyl (C=O) groups is 1. The molecule has 0 spiro atoms. The van der Waals surface area contributed by atoms with Crippen LogP contribution in [0.1, 0.15) is 114 Å². The summed E-state index contributed by atoms with van der Waals surface area (Å²) in [6, 6.07) is 6.02. The minimum absolute atomic E-state index is 0.230. The number of hydrogen-bond donors (Lipinski definition) is 0. The van der Waals surface area contributed by atoms with Gasteiger partial charge in [-0.1, -0.05) is 72.1 Å². The Labute approximate surface area is 203 Å². The lowest BCUT2D eigenvalue weighted by atomic mass is 9.95. The van der Waals surface area contributed by atoms with Crippen LogP contribution >= 0.6 is 0 Å². The fourth-order valence-electron chi connectivity index (χ4n) is 3.67. The van der Waals surface area contributed by atoms with Gasteiger partial charge in [0.15, 0.2) is 0 Å². The van der Waals surface area contributed by atoms with Gasteiger partial charge in [0.05, 0.1) is 5.56 Å². The van der Waals surface area contributed by atoms with Gasteiger partial charge >= 0.3 is 5.97 Å². The van der Waals surface area contributed by atoms with Crippen LogP contribution in [0, 0.1) is 6.92 Å². The van der Waals surface area contributed by atoms with Crippen LogP contribution < -0.4 is 0 Å². The van der Waals surface area contributed by atoms with E-state index in [1.165, 1.54) is 22.3 Å². The molecule has 0 fully saturated rings. The molecular formula is C31H46O2. The van der Waals surface area contributed by atoms with Crippen molar-refractivity contribution in [3.8, 4) is 0 Å². The van der Waals surface area contributed by atoms with Crippen molar-refractivity contribution in [3.63, 3.8) is 0 Å². The van der Waals surface area contributed by atoms with E-state index in [2.05, 4.69) is 72.8 Å². The van der Waals surface area contributed by atoms with Crippen molar-refractivity contribution in [1.82, 2.24) is 0 Å². The second kappa shape index (κ2) is 15.5. The standard InChI is InChI=1S/C31H46O2/c1-23(2)12-9-13-25(5)14-10-15-26(6)16-11-17-27(7)20-21-33-31(32)30-22-28(8)18-19-29(30)24(3)4/h12,14,16,18-20,22,24H,9-11,13,15,17,21H2,1-8H3/b25-14+,26-16+,27-20+. The van der Waals surface area contributed by atoms with Crippen molar-refractivity contribution in [2.45, 2.75) is 99.8 Å². The molecule has 0 aromatic heterocycles. The summed E-state index contributed by atoms with van der Waals surface area (Å²) in [7, 11) is 0. The van der Waals surface area contributed by atoms with Crippen LogP contribution in [0.2, 0.25) is 0 Å². The SMILES string of the molecule is CC(C)=CCC/C(C)=C/CC/C(C)=C/CC/C(C)=C/COC(=O)c1cc(C)ccc1C(C)C. The third kappa shape index (κ3) is 12.5. The molecule has 1 rings (SSSR count). The van der Waals surface area contributed by atoms with E-state index in [9.17, 15) is 4.79 Å². The number of aryl methyl sites for hydroxylation is 1. The second-order valence-electron chi connectivity index (χ2n) is 9.89. The van der Waals surface area contributed by atoms with Crippen LogP contribution in [0.5, 0.6) is 0 Å². The summed E-state index contributed by atoms with van der Waals surface area (Å²) in [5, 5.41) is 0. The van der Waals surface area contributed by atoms with Crippen LogP contribution in [-0.2, 0) is 4.74 Å². The van der Waals surface area contributed by atoms with E-state index in [4.69, 9.17) is 4.74 Å². The lowest BCUT2D eigenvalue weighted by Crippen LogP contribution is -2.10. The summed E-state index contributed by atoms with van der Waals surface area (Å²) in [4.78, 5) is 12.6. The molecule has 0 aliphatic carbocycles. The lowest BCUT2D eigenvalue weighted by molar-refractivity contribution is 0.0547. The van der Waals surface area contributed by atoms with Crippen molar-refractivity contribution in [1.29, 1.82) is 0 Å². The maximum atomic E-state index is 12.6. The molecule has 2 nitrogen and oxygen atoms in total. The quantitative estimate of drug-likeness (QED) is 0.221. The average Bonchev–Trinajstić information content (AvgIpc) is 2.73. The highest BCUT2D eigenvalue weighted by Crippen LogP contribution is 2.22. The Morgan fingerprint density at radius 1 is 0.818 bits per heavy atom. The van der Waals surface area contributed by atoms with E-state index in [-0.39, 0.29) is 5.97 Å². The minimum Gasteiger partial charge on any atom is -0.458 e. The summed E-state index contributed by atoms with van der Waals surface area (Å²) in [6.45, 7) is 17.4. The van der Waals surface area contributed by atoms with Crippen molar-refractivity contribution in [2.75, 3.05) is 6.61 Å². The fourth-order valence-corrected chi connectivity index (χ4v) is 3.67. The normalized spacial score (nSPS) is 12.8. The van der Waals surface area contributed by atoms with Gasteiger partial charge in [0.2, 0.25) is 0 Å². The first-order valence-corrected chi connectivity index (χ1v) is 12.5. The van der Waals surface area contributed by atoms with Crippen LogP contribution in [0.25, 0.3) is 0 Å². The summed E-state index contributed by atoms with van der Waals surface area (Å²) in [5.74, 6) is 0.0636. The van der Waals surface area contributed by atoms with E-state index in [0.29, 0.717) is 18.1 Å². The number of ether oxygens (including phenoxy) is 1. The van der Waals surface area contributed by atoms with Crippen LogP contribution in [0.3, 0.4) is 0 Å². The lowest BCUT2D eigenvalue weighted by Gasteiger charge is -2.12. The molecule has 0 aliphatic rings. The molecule has 33 heavy (non-hydrogen) atoms. The molecule has 0 atom stereocenters. The highest BCUT2D eigenvalue weighted by molar-refractivity contribution is 5.91. The Balaban J connectivity index is 2.41. The fraction of sp³-hybridized carbons (Fsp3) is 0.516. The third-order valence-electron chi connectivity index (χ3n) is 5.85. The van der Waals surface area contributed by atoms with Gasteiger partial charge in [0.1, 0.15) is 6.61 Å². The van der Waals surface area contributed by atoms with Crippen LogP contribution in [0.4, 0.5) is 0 Å². The maximum Gasteiger partial charge on any atom is 0.338 e. The number of rotatable bonds is 13. The maximum absolute atomic E-state index is 12.6. The molecule has 1 aromatic carbocycles. The molecule has 0 amide bonds. The second-order valence-corrected chi connectivity index (χ2v) is 9.89. The Bertz CT molecular complexity index is 874. The minimum atomic E-state index is -0.230.